The second-order valence-electron chi connectivity index (χ2n) is 6.04. The molecule has 3 N–H and O–H groups in total. The van der Waals surface area contributed by atoms with E-state index in [9.17, 15) is 4.79 Å². The van der Waals surface area contributed by atoms with Gasteiger partial charge in [-0.05, 0) is 12.1 Å². The summed E-state index contributed by atoms with van der Waals surface area (Å²) in [6, 6.07) is 1.63. The third kappa shape index (κ3) is 4.09. The molecule has 0 bridgehead atoms. The van der Waals surface area contributed by atoms with Crippen LogP contribution in [0.3, 0.4) is 0 Å². The summed E-state index contributed by atoms with van der Waals surface area (Å²) >= 11 is 0. The van der Waals surface area contributed by atoms with Crippen molar-refractivity contribution in [3.8, 4) is 0 Å². The van der Waals surface area contributed by atoms with Crippen LogP contribution >= 0.6 is 0 Å². The second kappa shape index (κ2) is 6.51. The highest BCUT2D eigenvalue weighted by molar-refractivity contribution is 6.10. The van der Waals surface area contributed by atoms with Crippen LogP contribution in [0, 0.1) is 5.41 Å². The molecular weight excluding hydrogens is 292 g/mol. The van der Waals surface area contributed by atoms with Gasteiger partial charge >= 0.3 is 0 Å². The van der Waals surface area contributed by atoms with E-state index >= 15 is 0 Å². The Hall–Kier alpha value is -2.83. The third-order valence-electron chi connectivity index (χ3n) is 3.23. The van der Waals surface area contributed by atoms with Crippen LogP contribution in [0.25, 0.3) is 11.2 Å². The Balaban J connectivity index is 2.22. The van der Waals surface area contributed by atoms with Gasteiger partial charge in [0.25, 0.3) is 5.91 Å². The number of carbonyl (C=O) groups is 1. The minimum Gasteiger partial charge on any atom is -0.401 e. The number of nitrogens with two attached hydrogens (primary N) is 1. The van der Waals surface area contributed by atoms with E-state index in [-0.39, 0.29) is 11.3 Å². The molecule has 0 saturated carbocycles. The van der Waals surface area contributed by atoms with Crippen molar-refractivity contribution in [1.82, 2.24) is 20.3 Å². The molecule has 0 radical (unpaired) electrons. The molecule has 0 saturated heterocycles. The fraction of sp³-hybridized carbons (Fsp3) is 0.312. The maximum absolute atomic E-state index is 12.3. The maximum Gasteiger partial charge on any atom is 0.258 e. The fourth-order valence-corrected chi connectivity index (χ4v) is 1.69. The number of amides is 1. The van der Waals surface area contributed by atoms with Gasteiger partial charge in [-0.3, -0.25) is 14.8 Å². The van der Waals surface area contributed by atoms with Crippen LogP contribution in [0.4, 0.5) is 0 Å². The van der Waals surface area contributed by atoms with Crippen LogP contribution in [-0.4, -0.2) is 33.7 Å². The lowest BCUT2D eigenvalue weighted by atomic mass is 9.92. The molecule has 2 rings (SSSR count). The summed E-state index contributed by atoms with van der Waals surface area (Å²) in [5.41, 5.74) is 7.86. The van der Waals surface area contributed by atoms with Crippen molar-refractivity contribution in [3.63, 3.8) is 0 Å². The molecule has 1 amide bonds. The highest BCUT2D eigenvalue weighted by Gasteiger charge is 2.15. The zero-order valence-electron chi connectivity index (χ0n) is 13.7. The van der Waals surface area contributed by atoms with E-state index in [0.29, 0.717) is 28.3 Å². The predicted molar refractivity (Wildman–Crippen MR) is 89.9 cm³/mol. The number of hydrogen-bond donors (Lipinski definition) is 2. The van der Waals surface area contributed by atoms with Crippen LogP contribution in [0.1, 0.15) is 31.1 Å². The summed E-state index contributed by atoms with van der Waals surface area (Å²) in [5, 5.41) is 2.72. The zero-order valence-corrected chi connectivity index (χ0v) is 13.7. The molecule has 0 aliphatic rings. The quantitative estimate of drug-likeness (QED) is 0.648. The third-order valence-corrected chi connectivity index (χ3v) is 3.23. The van der Waals surface area contributed by atoms with Gasteiger partial charge < -0.3 is 11.1 Å². The molecule has 7 nitrogen and oxygen atoms in total. The van der Waals surface area contributed by atoms with E-state index in [1.807, 2.05) is 20.8 Å². The number of aromatic nitrogens is 3. The first-order chi connectivity index (χ1) is 10.8. The van der Waals surface area contributed by atoms with E-state index in [0.717, 1.165) is 0 Å². The largest absolute Gasteiger partial charge is 0.401 e. The number of allylic oxidation sites excluding steroid dienone is 1. The molecule has 7 heteroatoms. The number of hydrogen-bond acceptors (Lipinski definition) is 6. The van der Waals surface area contributed by atoms with Crippen LogP contribution < -0.4 is 11.1 Å². The SMILES string of the molecule is CN=C(C=C(N)C(C)(C)C)NC(=O)c1cnc2nccnc2c1. The Morgan fingerprint density at radius 3 is 2.61 bits per heavy atom. The van der Waals surface area contributed by atoms with Gasteiger partial charge in [0.15, 0.2) is 5.65 Å². The number of nitrogens with zero attached hydrogens (tertiary/aromatic N) is 4. The van der Waals surface area contributed by atoms with Crippen molar-refractivity contribution in [2.75, 3.05) is 7.05 Å². The zero-order chi connectivity index (χ0) is 17.0. The van der Waals surface area contributed by atoms with Gasteiger partial charge in [-0.25, -0.2) is 9.97 Å². The fourth-order valence-electron chi connectivity index (χ4n) is 1.69. The number of rotatable bonds is 2. The van der Waals surface area contributed by atoms with Crippen molar-refractivity contribution in [2.45, 2.75) is 20.8 Å². The summed E-state index contributed by atoms with van der Waals surface area (Å²) in [5.74, 6) is 0.0604. The standard InChI is InChI=1S/C16H20N6O/c1-16(2,3)12(17)8-13(18-4)22-15(23)10-7-11-14(21-9-10)20-6-5-19-11/h5-9H,17H2,1-4H3,(H,18,22,23). The number of amidine groups is 1. The topological polar surface area (TPSA) is 106 Å². The summed E-state index contributed by atoms with van der Waals surface area (Å²) < 4.78 is 0. The first kappa shape index (κ1) is 16.5. The van der Waals surface area contributed by atoms with Gasteiger partial charge in [-0.2, -0.15) is 0 Å². The number of pyridine rings is 1. The summed E-state index contributed by atoms with van der Waals surface area (Å²) in [4.78, 5) is 28.7. The summed E-state index contributed by atoms with van der Waals surface area (Å²) in [7, 11) is 1.59. The molecule has 0 aromatic carbocycles. The lowest BCUT2D eigenvalue weighted by Crippen LogP contribution is -2.31. The molecule has 23 heavy (non-hydrogen) atoms. The van der Waals surface area contributed by atoms with E-state index in [1.54, 1.807) is 31.6 Å². The van der Waals surface area contributed by atoms with Gasteiger partial charge in [-0.15, -0.1) is 0 Å². The van der Waals surface area contributed by atoms with Crippen molar-refractivity contribution >= 4 is 22.9 Å². The number of fused-ring (bicyclic) bond motifs is 1. The molecule has 0 fully saturated rings. The molecule has 0 aliphatic carbocycles. The molecule has 2 heterocycles. The minimum absolute atomic E-state index is 0.208. The van der Waals surface area contributed by atoms with Gasteiger partial charge in [-0.1, -0.05) is 20.8 Å². The van der Waals surface area contributed by atoms with Crippen LogP contribution in [0.5, 0.6) is 0 Å². The van der Waals surface area contributed by atoms with Crippen LogP contribution in [-0.2, 0) is 0 Å². The highest BCUT2D eigenvalue weighted by Crippen LogP contribution is 2.20. The predicted octanol–water partition coefficient (Wildman–Crippen LogP) is 1.67. The summed E-state index contributed by atoms with van der Waals surface area (Å²) in [6.45, 7) is 5.96. The summed E-state index contributed by atoms with van der Waals surface area (Å²) in [6.07, 6.45) is 6.22. The number of carbonyl (C=O) groups excluding carboxylic acids is 1. The van der Waals surface area contributed by atoms with E-state index < -0.39 is 0 Å². The number of nitrogens with one attached hydrogen (secondary N) is 1. The van der Waals surface area contributed by atoms with Crippen LogP contribution in [0.2, 0.25) is 0 Å². The smallest absolute Gasteiger partial charge is 0.258 e. The van der Waals surface area contributed by atoms with Crippen molar-refractivity contribution in [1.29, 1.82) is 0 Å². The Morgan fingerprint density at radius 2 is 1.96 bits per heavy atom. The normalized spacial score (nSPS) is 13.2. The van der Waals surface area contributed by atoms with E-state index in [1.165, 1.54) is 6.20 Å². The molecule has 0 aliphatic heterocycles. The first-order valence-electron chi connectivity index (χ1n) is 7.14. The Labute approximate surface area is 134 Å². The molecule has 0 spiro atoms. The Kier molecular flexibility index (Phi) is 4.68. The van der Waals surface area contributed by atoms with Gasteiger partial charge in [0.1, 0.15) is 11.4 Å². The lowest BCUT2D eigenvalue weighted by Gasteiger charge is -2.19. The highest BCUT2D eigenvalue weighted by atomic mass is 16.1. The molecular formula is C16H20N6O. The Bertz CT molecular complexity index is 789. The van der Waals surface area contributed by atoms with Crippen LogP contribution in [0.15, 0.2) is 41.4 Å². The molecule has 2 aromatic heterocycles. The average Bonchev–Trinajstić information content (AvgIpc) is 2.52. The van der Waals surface area contributed by atoms with Gasteiger partial charge in [0, 0.05) is 36.8 Å². The van der Waals surface area contributed by atoms with Crippen molar-refractivity contribution < 1.29 is 4.79 Å². The van der Waals surface area contributed by atoms with Crippen molar-refractivity contribution in [2.24, 2.45) is 16.1 Å². The van der Waals surface area contributed by atoms with Crippen molar-refractivity contribution in [3.05, 3.63) is 42.0 Å². The molecule has 0 unspecified atom stereocenters. The average molecular weight is 312 g/mol. The number of aliphatic imine (C=N–C) groups is 1. The monoisotopic (exact) mass is 312 g/mol. The molecule has 2 aromatic rings. The van der Waals surface area contributed by atoms with Gasteiger partial charge in [0.05, 0.1) is 5.56 Å². The van der Waals surface area contributed by atoms with E-state index in [2.05, 4.69) is 25.3 Å². The lowest BCUT2D eigenvalue weighted by molar-refractivity contribution is 0.0977. The minimum atomic E-state index is -0.330. The molecule has 0 atom stereocenters. The van der Waals surface area contributed by atoms with E-state index in [4.69, 9.17) is 5.73 Å². The second-order valence-corrected chi connectivity index (χ2v) is 6.04. The van der Waals surface area contributed by atoms with Gasteiger partial charge in [0.2, 0.25) is 0 Å². The Morgan fingerprint density at radius 1 is 1.26 bits per heavy atom. The molecule has 120 valence electrons. The maximum atomic E-state index is 12.3. The first-order valence-corrected chi connectivity index (χ1v) is 7.14.